The van der Waals surface area contributed by atoms with E-state index in [0.717, 1.165) is 18.3 Å². The number of carbonyl (C=O) groups is 2. The van der Waals surface area contributed by atoms with Crippen molar-refractivity contribution in [2.75, 3.05) is 6.54 Å². The summed E-state index contributed by atoms with van der Waals surface area (Å²) in [6.45, 7) is 5.91. The van der Waals surface area contributed by atoms with Crippen LogP contribution < -0.4 is 10.6 Å². The Labute approximate surface area is 147 Å². The van der Waals surface area contributed by atoms with E-state index in [-0.39, 0.29) is 33.6 Å². The van der Waals surface area contributed by atoms with Gasteiger partial charge in [0.05, 0.1) is 6.54 Å². The summed E-state index contributed by atoms with van der Waals surface area (Å²) < 4.78 is 0.279. The maximum atomic E-state index is 12.4. The van der Waals surface area contributed by atoms with Gasteiger partial charge in [-0.25, -0.2) is 0 Å². The third-order valence-corrected chi connectivity index (χ3v) is 6.53. The average Bonchev–Trinajstić information content (AvgIpc) is 2.30. The molecular formula is C18H29BrN2O2. The lowest BCUT2D eigenvalue weighted by atomic mass is 9.48. The van der Waals surface area contributed by atoms with Crippen molar-refractivity contribution < 1.29 is 9.59 Å². The van der Waals surface area contributed by atoms with Gasteiger partial charge in [-0.15, -0.1) is 0 Å². The second-order valence-corrected chi connectivity index (χ2v) is 11.0. The monoisotopic (exact) mass is 384 g/mol. The molecule has 4 aliphatic rings. The van der Waals surface area contributed by atoms with Crippen LogP contribution in [0.2, 0.25) is 0 Å². The van der Waals surface area contributed by atoms with Crippen LogP contribution in [0.1, 0.15) is 65.7 Å². The molecule has 0 heterocycles. The quantitative estimate of drug-likeness (QED) is 0.731. The summed E-state index contributed by atoms with van der Waals surface area (Å²) in [5, 5.41) is 5.71. The fraction of sp³-hybridized carbons (Fsp3) is 0.889. The first-order valence-electron chi connectivity index (χ1n) is 8.83. The lowest BCUT2D eigenvalue weighted by Crippen LogP contribution is -2.54. The second-order valence-electron chi connectivity index (χ2n) is 9.36. The third-order valence-electron chi connectivity index (χ3n) is 5.61. The highest BCUT2D eigenvalue weighted by atomic mass is 79.9. The van der Waals surface area contributed by atoms with Gasteiger partial charge in [-0.05, 0) is 76.5 Å². The highest BCUT2D eigenvalue weighted by Crippen LogP contribution is 2.65. The van der Waals surface area contributed by atoms with Gasteiger partial charge in [0, 0.05) is 16.3 Å². The standard InChI is InChI=1S/C18H29BrN2O2/c1-16(2,3)21-15(23)10-20-14(22)9-17-5-12-4-13(6-17)8-18(19,7-12)11-17/h12-13H,4-11H2,1-3H3,(H,20,22)(H,21,23). The first-order valence-corrected chi connectivity index (χ1v) is 9.63. The Balaban J connectivity index is 1.53. The maximum Gasteiger partial charge on any atom is 0.239 e. The Kier molecular flexibility index (Phi) is 4.31. The SMILES string of the molecule is CC(C)(C)NC(=O)CNC(=O)CC12CC3CC(CC(Br)(C3)C1)C2. The molecule has 2 amide bonds. The van der Waals surface area contributed by atoms with Gasteiger partial charge in [0.2, 0.25) is 11.8 Å². The van der Waals surface area contributed by atoms with Crippen molar-refractivity contribution in [1.29, 1.82) is 0 Å². The largest absolute Gasteiger partial charge is 0.350 e. The maximum absolute atomic E-state index is 12.4. The van der Waals surface area contributed by atoms with E-state index in [9.17, 15) is 9.59 Å². The second kappa shape index (κ2) is 5.75. The fourth-order valence-corrected chi connectivity index (χ4v) is 7.10. The number of amides is 2. The van der Waals surface area contributed by atoms with E-state index in [1.807, 2.05) is 20.8 Å². The van der Waals surface area contributed by atoms with Gasteiger partial charge in [0.15, 0.2) is 0 Å². The van der Waals surface area contributed by atoms with Crippen LogP contribution in [0.15, 0.2) is 0 Å². The number of carbonyl (C=O) groups excluding carboxylic acids is 2. The molecule has 0 aliphatic heterocycles. The van der Waals surface area contributed by atoms with E-state index >= 15 is 0 Å². The van der Waals surface area contributed by atoms with E-state index < -0.39 is 0 Å². The molecule has 0 aromatic carbocycles. The molecule has 4 bridgehead atoms. The van der Waals surface area contributed by atoms with Gasteiger partial charge >= 0.3 is 0 Å². The molecule has 4 nitrogen and oxygen atoms in total. The Hall–Kier alpha value is -0.580. The number of hydrogen-bond donors (Lipinski definition) is 2. The molecule has 0 spiro atoms. The fourth-order valence-electron chi connectivity index (χ4n) is 5.59. The first-order chi connectivity index (χ1) is 10.6. The molecule has 4 fully saturated rings. The topological polar surface area (TPSA) is 58.2 Å². The number of halogens is 1. The van der Waals surface area contributed by atoms with Crippen molar-refractivity contribution in [2.24, 2.45) is 17.3 Å². The molecule has 4 aliphatic carbocycles. The van der Waals surface area contributed by atoms with E-state index in [0.29, 0.717) is 6.42 Å². The molecule has 5 heteroatoms. The van der Waals surface area contributed by atoms with Crippen molar-refractivity contribution >= 4 is 27.7 Å². The van der Waals surface area contributed by atoms with Crippen LogP contribution in [-0.4, -0.2) is 28.2 Å². The van der Waals surface area contributed by atoms with Crippen LogP contribution in [0.5, 0.6) is 0 Å². The highest BCUT2D eigenvalue weighted by molar-refractivity contribution is 9.10. The van der Waals surface area contributed by atoms with Crippen LogP contribution in [0.3, 0.4) is 0 Å². The van der Waals surface area contributed by atoms with E-state index in [1.54, 1.807) is 0 Å². The molecule has 4 rings (SSSR count). The molecule has 2 atom stereocenters. The molecule has 130 valence electrons. The Bertz CT molecular complexity index is 498. The minimum Gasteiger partial charge on any atom is -0.350 e. The van der Waals surface area contributed by atoms with Crippen molar-refractivity contribution in [1.82, 2.24) is 10.6 Å². The zero-order valence-corrected chi connectivity index (χ0v) is 16.1. The predicted molar refractivity (Wildman–Crippen MR) is 94.3 cm³/mol. The summed E-state index contributed by atoms with van der Waals surface area (Å²) in [5.74, 6) is 1.49. The lowest BCUT2D eigenvalue weighted by molar-refractivity contribution is -0.131. The van der Waals surface area contributed by atoms with Gasteiger partial charge < -0.3 is 10.6 Å². The lowest BCUT2D eigenvalue weighted by Gasteiger charge is -2.60. The van der Waals surface area contributed by atoms with Crippen molar-refractivity contribution in [3.05, 3.63) is 0 Å². The number of nitrogens with one attached hydrogen (secondary N) is 2. The van der Waals surface area contributed by atoms with Gasteiger partial charge in [-0.2, -0.15) is 0 Å². The van der Waals surface area contributed by atoms with E-state index in [2.05, 4.69) is 26.6 Å². The molecule has 0 radical (unpaired) electrons. The van der Waals surface area contributed by atoms with Crippen molar-refractivity contribution in [3.63, 3.8) is 0 Å². The Morgan fingerprint density at radius 1 is 1.09 bits per heavy atom. The molecule has 23 heavy (non-hydrogen) atoms. The average molecular weight is 385 g/mol. The van der Waals surface area contributed by atoms with Gasteiger partial charge in [-0.3, -0.25) is 9.59 Å². The molecule has 2 unspecified atom stereocenters. The van der Waals surface area contributed by atoms with Crippen molar-refractivity contribution in [3.8, 4) is 0 Å². The van der Waals surface area contributed by atoms with Crippen LogP contribution in [0.25, 0.3) is 0 Å². The molecule has 0 saturated heterocycles. The van der Waals surface area contributed by atoms with E-state index in [4.69, 9.17) is 0 Å². The van der Waals surface area contributed by atoms with Crippen LogP contribution in [0.4, 0.5) is 0 Å². The number of alkyl halides is 1. The first kappa shape index (κ1) is 17.2. The predicted octanol–water partition coefficient (Wildman–Crippen LogP) is 3.14. The van der Waals surface area contributed by atoms with Gasteiger partial charge in [0.25, 0.3) is 0 Å². The number of rotatable bonds is 4. The molecule has 4 saturated carbocycles. The van der Waals surface area contributed by atoms with Crippen molar-refractivity contribution in [2.45, 2.75) is 75.6 Å². The number of hydrogen-bond acceptors (Lipinski definition) is 2. The normalized spacial score (nSPS) is 38.4. The summed E-state index contributed by atoms with van der Waals surface area (Å²) in [5.41, 5.74) is -0.0950. The van der Waals surface area contributed by atoms with E-state index in [1.165, 1.54) is 32.1 Å². The molecule has 0 aromatic heterocycles. The Morgan fingerprint density at radius 3 is 2.22 bits per heavy atom. The van der Waals surface area contributed by atoms with Gasteiger partial charge in [0.1, 0.15) is 0 Å². The highest BCUT2D eigenvalue weighted by Gasteiger charge is 2.57. The zero-order valence-electron chi connectivity index (χ0n) is 14.5. The van der Waals surface area contributed by atoms with Gasteiger partial charge in [-0.1, -0.05) is 15.9 Å². The summed E-state index contributed by atoms with van der Waals surface area (Å²) >= 11 is 3.98. The Morgan fingerprint density at radius 2 is 1.70 bits per heavy atom. The summed E-state index contributed by atoms with van der Waals surface area (Å²) in [6.07, 6.45) is 7.99. The zero-order chi connectivity index (χ0) is 16.9. The summed E-state index contributed by atoms with van der Waals surface area (Å²) in [6, 6.07) is 0. The van der Waals surface area contributed by atoms with Crippen LogP contribution >= 0.6 is 15.9 Å². The molecular weight excluding hydrogens is 356 g/mol. The minimum absolute atomic E-state index is 0.0344. The van der Waals surface area contributed by atoms with Crippen LogP contribution in [-0.2, 0) is 9.59 Å². The smallest absolute Gasteiger partial charge is 0.239 e. The summed E-state index contributed by atoms with van der Waals surface area (Å²) in [4.78, 5) is 24.2. The molecule has 0 aromatic rings. The molecule has 2 N–H and O–H groups in total. The third kappa shape index (κ3) is 4.09. The summed E-state index contributed by atoms with van der Waals surface area (Å²) in [7, 11) is 0. The van der Waals surface area contributed by atoms with Crippen LogP contribution in [0, 0.1) is 17.3 Å². The minimum atomic E-state index is -0.260.